The maximum atomic E-state index is 13.6. The molecule has 0 aliphatic carbocycles. The van der Waals surface area contributed by atoms with Crippen molar-refractivity contribution in [2.75, 3.05) is 63.0 Å². The minimum absolute atomic E-state index is 0.0150. The maximum absolute atomic E-state index is 13.6. The van der Waals surface area contributed by atoms with E-state index in [-0.39, 0.29) is 65.1 Å². The van der Waals surface area contributed by atoms with Gasteiger partial charge in [0.25, 0.3) is 5.79 Å². The quantitative estimate of drug-likeness (QED) is 0.101. The Morgan fingerprint density at radius 3 is 1.46 bits per heavy atom. The largest absolute Gasteiger partial charge is 0.456 e. The standard InChI is InChI=1S/C34H47N3O12S3/c1-7-35(50(42,43)10-4)25-17-26(36(8-2)51(44,45)11-5)22-15-16-24-28(49-34(41)30(39)20-48-29(19-38)33(34)40)18-27(37(9-3)52(46,47)12-6)23-14-13-21(25)31(22)32(23)24/h13-18,29-30,33,38-41H,7-12,19-20H2,1-6H3/t29-,30+,33+,34-/m1/s1. The fraction of sp³-hybridized carbons (Fsp3) is 0.529. The van der Waals surface area contributed by atoms with E-state index in [0.717, 1.165) is 4.31 Å². The highest BCUT2D eigenvalue weighted by molar-refractivity contribution is 7.93. The fourth-order valence-electron chi connectivity index (χ4n) is 6.97. The zero-order valence-electron chi connectivity index (χ0n) is 30.0. The number of rotatable bonds is 15. The van der Waals surface area contributed by atoms with Crippen molar-refractivity contribution in [2.45, 2.75) is 65.6 Å². The summed E-state index contributed by atoms with van der Waals surface area (Å²) in [6, 6.07) is 9.46. The zero-order chi connectivity index (χ0) is 38.6. The van der Waals surface area contributed by atoms with E-state index in [1.165, 1.54) is 35.4 Å². The second kappa shape index (κ2) is 14.5. The second-order valence-electron chi connectivity index (χ2n) is 12.4. The Bertz CT molecular complexity index is 2220. The number of hydrogen-bond acceptors (Lipinski definition) is 12. The highest BCUT2D eigenvalue weighted by atomic mass is 32.2. The Morgan fingerprint density at radius 2 is 1.08 bits per heavy atom. The average Bonchev–Trinajstić information content (AvgIpc) is 3.12. The highest BCUT2D eigenvalue weighted by Gasteiger charge is 2.53. The first-order valence-electron chi connectivity index (χ1n) is 17.2. The lowest BCUT2D eigenvalue weighted by Crippen LogP contribution is -2.66. The third kappa shape index (κ3) is 6.40. The normalized spacial score (nSPS) is 21.6. The van der Waals surface area contributed by atoms with Gasteiger partial charge in [-0.1, -0.05) is 18.2 Å². The fourth-order valence-corrected chi connectivity index (χ4v) is 10.4. The summed E-state index contributed by atoms with van der Waals surface area (Å²) in [7, 11) is -11.7. The van der Waals surface area contributed by atoms with Gasteiger partial charge in [-0.25, -0.2) is 25.3 Å². The van der Waals surface area contributed by atoms with Crippen molar-refractivity contribution < 1.29 is 55.2 Å². The molecule has 0 spiro atoms. The van der Waals surface area contributed by atoms with Gasteiger partial charge in [0.2, 0.25) is 30.1 Å². The maximum Gasteiger partial charge on any atom is 0.265 e. The molecule has 0 aromatic heterocycles. The van der Waals surface area contributed by atoms with E-state index in [1.807, 2.05) is 0 Å². The predicted molar refractivity (Wildman–Crippen MR) is 202 cm³/mol. The smallest absolute Gasteiger partial charge is 0.265 e. The van der Waals surface area contributed by atoms with Gasteiger partial charge in [0.1, 0.15) is 18.0 Å². The topological polar surface area (TPSA) is 212 Å². The molecule has 0 saturated carbocycles. The van der Waals surface area contributed by atoms with Gasteiger partial charge in [0, 0.05) is 58.0 Å². The van der Waals surface area contributed by atoms with Gasteiger partial charge in [-0.2, -0.15) is 0 Å². The first-order valence-corrected chi connectivity index (χ1v) is 22.0. The van der Waals surface area contributed by atoms with Crippen LogP contribution < -0.4 is 17.7 Å². The molecule has 15 nitrogen and oxygen atoms in total. The summed E-state index contributed by atoms with van der Waals surface area (Å²) in [6.45, 7) is 8.24. The molecule has 0 amide bonds. The van der Waals surface area contributed by atoms with Crippen LogP contribution in [0.25, 0.3) is 32.3 Å². The monoisotopic (exact) mass is 785 g/mol. The number of sulfonamides is 3. The molecule has 1 aliphatic heterocycles. The molecule has 5 rings (SSSR count). The average molecular weight is 786 g/mol. The highest BCUT2D eigenvalue weighted by Crippen LogP contribution is 2.50. The number of benzene rings is 4. The van der Waals surface area contributed by atoms with Crippen molar-refractivity contribution >= 4 is 79.4 Å². The Labute approximate surface area is 304 Å². The van der Waals surface area contributed by atoms with Crippen molar-refractivity contribution in [3.8, 4) is 5.75 Å². The summed E-state index contributed by atoms with van der Waals surface area (Å²) < 4.78 is 96.2. The van der Waals surface area contributed by atoms with Crippen LogP contribution in [0.4, 0.5) is 17.1 Å². The summed E-state index contributed by atoms with van der Waals surface area (Å²) >= 11 is 0. The van der Waals surface area contributed by atoms with Crippen LogP contribution in [0.15, 0.2) is 36.4 Å². The molecule has 0 radical (unpaired) electrons. The van der Waals surface area contributed by atoms with E-state index < -0.39 is 67.4 Å². The van der Waals surface area contributed by atoms with Crippen molar-refractivity contribution in [1.82, 2.24) is 0 Å². The molecule has 4 atom stereocenters. The molecule has 1 aliphatic rings. The van der Waals surface area contributed by atoms with Crippen LogP contribution in [-0.4, -0.2) is 120 Å². The number of hydrogen-bond donors (Lipinski definition) is 4. The van der Waals surface area contributed by atoms with Crippen molar-refractivity contribution in [3.05, 3.63) is 36.4 Å². The van der Waals surface area contributed by atoms with Gasteiger partial charge < -0.3 is 29.9 Å². The van der Waals surface area contributed by atoms with E-state index in [1.54, 1.807) is 51.1 Å². The first kappa shape index (κ1) is 40.0. The summed E-state index contributed by atoms with van der Waals surface area (Å²) in [5, 5.41) is 45.7. The molecule has 1 saturated heterocycles. The van der Waals surface area contributed by atoms with E-state index in [0.29, 0.717) is 26.9 Å². The van der Waals surface area contributed by atoms with Gasteiger partial charge >= 0.3 is 0 Å². The van der Waals surface area contributed by atoms with Gasteiger partial charge in [0.15, 0.2) is 6.10 Å². The number of aliphatic hydroxyl groups is 4. The first-order chi connectivity index (χ1) is 24.4. The lowest BCUT2D eigenvalue weighted by molar-refractivity contribution is -0.319. The zero-order valence-corrected chi connectivity index (χ0v) is 32.4. The van der Waals surface area contributed by atoms with E-state index >= 15 is 0 Å². The second-order valence-corrected chi connectivity index (χ2v) is 19.0. The van der Waals surface area contributed by atoms with Gasteiger partial charge in [-0.3, -0.25) is 12.9 Å². The lowest BCUT2D eigenvalue weighted by Gasteiger charge is -2.43. The Balaban J connectivity index is 2.02. The van der Waals surface area contributed by atoms with Gasteiger partial charge in [-0.15, -0.1) is 0 Å². The van der Waals surface area contributed by atoms with Crippen LogP contribution in [0.1, 0.15) is 41.5 Å². The van der Waals surface area contributed by atoms with Gasteiger partial charge in [-0.05, 0) is 53.7 Å². The third-order valence-electron chi connectivity index (χ3n) is 9.74. The molecule has 1 fully saturated rings. The minimum atomic E-state index is -3.94. The van der Waals surface area contributed by atoms with Crippen LogP contribution in [0, 0.1) is 0 Å². The Kier molecular flexibility index (Phi) is 11.2. The molecule has 4 N–H and O–H groups in total. The van der Waals surface area contributed by atoms with E-state index in [2.05, 4.69) is 0 Å². The van der Waals surface area contributed by atoms with E-state index in [4.69, 9.17) is 9.47 Å². The Morgan fingerprint density at radius 1 is 0.692 bits per heavy atom. The number of anilines is 3. The summed E-state index contributed by atoms with van der Waals surface area (Å²) in [6.07, 6.45) is -5.08. The van der Waals surface area contributed by atoms with Crippen LogP contribution >= 0.6 is 0 Å². The molecule has 1 heterocycles. The Hall–Kier alpha value is -3.23. The molecule has 52 heavy (non-hydrogen) atoms. The molecular formula is C34H47N3O12S3. The molecule has 18 heteroatoms. The molecule has 4 aromatic carbocycles. The predicted octanol–water partition coefficient (Wildman–Crippen LogP) is 2.29. The van der Waals surface area contributed by atoms with Crippen LogP contribution in [0.3, 0.4) is 0 Å². The molecule has 288 valence electrons. The van der Waals surface area contributed by atoms with Crippen LogP contribution in [0.5, 0.6) is 5.75 Å². The minimum Gasteiger partial charge on any atom is -0.456 e. The van der Waals surface area contributed by atoms with Crippen molar-refractivity contribution in [1.29, 1.82) is 0 Å². The molecule has 4 aromatic rings. The number of aliphatic hydroxyl groups excluding tert-OH is 3. The van der Waals surface area contributed by atoms with Crippen LogP contribution in [0.2, 0.25) is 0 Å². The van der Waals surface area contributed by atoms with Crippen molar-refractivity contribution in [3.63, 3.8) is 0 Å². The van der Waals surface area contributed by atoms with Gasteiger partial charge in [0.05, 0.1) is 47.5 Å². The van der Waals surface area contributed by atoms with Crippen LogP contribution in [-0.2, 0) is 34.8 Å². The summed E-state index contributed by atoms with van der Waals surface area (Å²) in [5.41, 5.74) is 0.521. The summed E-state index contributed by atoms with van der Waals surface area (Å²) in [4.78, 5) is 0. The SMILES string of the molecule is CCN(c1cc(O[C@]2(O)[C@@H](O)CO[C@H](CO)[C@@H]2O)c2ccc3c(N(CC)S(=O)(=O)CC)cc(N(CC)S(=O)(=O)CC)c4ccc1c2c34)S(=O)(=O)CC. The molecule has 0 unspecified atom stereocenters. The van der Waals surface area contributed by atoms with Crippen molar-refractivity contribution in [2.24, 2.45) is 0 Å². The lowest BCUT2D eigenvalue weighted by atomic mass is 9.90. The number of ether oxygens (including phenoxy) is 2. The number of nitrogens with zero attached hydrogens (tertiary/aromatic N) is 3. The molecule has 0 bridgehead atoms. The van der Waals surface area contributed by atoms with E-state index in [9.17, 15) is 45.7 Å². The summed E-state index contributed by atoms with van der Waals surface area (Å²) in [5.74, 6) is -3.65. The third-order valence-corrected chi connectivity index (χ3v) is 15.3. The molecular weight excluding hydrogens is 739 g/mol.